The zero-order chi connectivity index (χ0) is 15.1. The van der Waals surface area contributed by atoms with E-state index in [1.165, 1.54) is 11.3 Å². The highest BCUT2D eigenvalue weighted by Gasteiger charge is 2.30. The average Bonchev–Trinajstić information content (AvgIpc) is 3.15. The molecular weight excluding hydrogens is 318 g/mol. The highest BCUT2D eigenvalue weighted by Crippen LogP contribution is 2.34. The second kappa shape index (κ2) is 5.11. The number of benzene rings is 1. The van der Waals surface area contributed by atoms with Gasteiger partial charge in [-0.1, -0.05) is 29.5 Å². The molecule has 0 saturated heterocycles. The first-order valence-corrected chi connectivity index (χ1v) is 7.88. The lowest BCUT2D eigenvalue weighted by atomic mass is 10.2. The molecule has 0 fully saturated rings. The van der Waals surface area contributed by atoms with E-state index in [1.807, 2.05) is 41.0 Å². The SMILES string of the molecule is O=C1N[C@H](c2ccco2)Nc2c1sc(=S)n2-c1ccccc1. The number of furan rings is 1. The summed E-state index contributed by atoms with van der Waals surface area (Å²) in [6, 6.07) is 13.3. The Hall–Kier alpha value is -2.38. The zero-order valence-electron chi connectivity index (χ0n) is 11.3. The lowest BCUT2D eigenvalue weighted by molar-refractivity contribution is 0.0934. The number of hydrogen-bond acceptors (Lipinski definition) is 5. The van der Waals surface area contributed by atoms with Crippen LogP contribution in [0.1, 0.15) is 21.6 Å². The highest BCUT2D eigenvalue weighted by atomic mass is 32.1. The van der Waals surface area contributed by atoms with Crippen molar-refractivity contribution in [2.45, 2.75) is 6.17 Å². The maximum Gasteiger partial charge on any atom is 0.267 e. The Morgan fingerprint density at radius 2 is 1.95 bits per heavy atom. The topological polar surface area (TPSA) is 59.2 Å². The molecule has 0 saturated carbocycles. The number of rotatable bonds is 2. The number of carbonyl (C=O) groups is 1. The quantitative estimate of drug-likeness (QED) is 0.704. The number of amides is 1. The van der Waals surface area contributed by atoms with Crippen LogP contribution in [0.2, 0.25) is 0 Å². The number of anilines is 1. The Labute approximate surface area is 135 Å². The van der Waals surface area contributed by atoms with Gasteiger partial charge in [-0.05, 0) is 36.5 Å². The Morgan fingerprint density at radius 1 is 1.14 bits per heavy atom. The number of nitrogens with zero attached hydrogens (tertiary/aromatic N) is 1. The number of thiazole rings is 1. The minimum absolute atomic E-state index is 0.152. The van der Waals surface area contributed by atoms with E-state index in [9.17, 15) is 4.79 Å². The summed E-state index contributed by atoms with van der Waals surface area (Å²) < 4.78 is 7.88. The number of nitrogens with one attached hydrogen (secondary N) is 2. The van der Waals surface area contributed by atoms with Gasteiger partial charge in [0.15, 0.2) is 10.1 Å². The van der Waals surface area contributed by atoms with Gasteiger partial charge < -0.3 is 15.1 Å². The maximum absolute atomic E-state index is 12.3. The summed E-state index contributed by atoms with van der Waals surface area (Å²) in [5, 5.41) is 6.17. The second-order valence-electron chi connectivity index (χ2n) is 4.78. The minimum atomic E-state index is -0.408. The highest BCUT2D eigenvalue weighted by molar-refractivity contribution is 7.73. The molecule has 0 spiro atoms. The van der Waals surface area contributed by atoms with E-state index in [1.54, 1.807) is 12.3 Å². The number of para-hydroxylation sites is 1. The molecule has 0 bridgehead atoms. The van der Waals surface area contributed by atoms with Crippen molar-refractivity contribution < 1.29 is 9.21 Å². The maximum atomic E-state index is 12.3. The Balaban J connectivity index is 1.85. The van der Waals surface area contributed by atoms with Gasteiger partial charge in [0.05, 0.1) is 6.26 Å². The summed E-state index contributed by atoms with van der Waals surface area (Å²) in [4.78, 5) is 12.9. The molecule has 3 aromatic rings. The Kier molecular flexibility index (Phi) is 3.09. The molecule has 4 rings (SSSR count). The van der Waals surface area contributed by atoms with Crippen molar-refractivity contribution in [3.05, 3.63) is 63.3 Å². The molecule has 0 aliphatic carbocycles. The molecule has 0 radical (unpaired) electrons. The first kappa shape index (κ1) is 13.3. The van der Waals surface area contributed by atoms with Crippen molar-refractivity contribution in [2.75, 3.05) is 5.32 Å². The number of carbonyl (C=O) groups excluding carboxylic acids is 1. The fraction of sp³-hybridized carbons (Fsp3) is 0.0667. The summed E-state index contributed by atoms with van der Waals surface area (Å²) in [7, 11) is 0. The molecule has 1 aliphatic rings. The van der Waals surface area contributed by atoms with Crippen molar-refractivity contribution >= 4 is 35.3 Å². The van der Waals surface area contributed by atoms with E-state index < -0.39 is 6.17 Å². The smallest absolute Gasteiger partial charge is 0.267 e. The van der Waals surface area contributed by atoms with Crippen LogP contribution in [0, 0.1) is 3.95 Å². The third kappa shape index (κ3) is 2.06. The first-order valence-electron chi connectivity index (χ1n) is 6.66. The van der Waals surface area contributed by atoms with Crippen molar-refractivity contribution in [1.82, 2.24) is 9.88 Å². The fourth-order valence-corrected chi connectivity index (χ4v) is 3.74. The monoisotopic (exact) mass is 329 g/mol. The van der Waals surface area contributed by atoms with Crippen molar-refractivity contribution in [3.63, 3.8) is 0 Å². The molecule has 5 nitrogen and oxygen atoms in total. The number of fused-ring (bicyclic) bond motifs is 1. The lowest BCUT2D eigenvalue weighted by Gasteiger charge is -2.25. The van der Waals surface area contributed by atoms with E-state index in [0.29, 0.717) is 20.4 Å². The van der Waals surface area contributed by atoms with Crippen LogP contribution < -0.4 is 10.6 Å². The zero-order valence-corrected chi connectivity index (χ0v) is 12.9. The summed E-state index contributed by atoms with van der Waals surface area (Å²) in [6.07, 6.45) is 1.17. The van der Waals surface area contributed by atoms with E-state index in [-0.39, 0.29) is 5.91 Å². The first-order chi connectivity index (χ1) is 10.7. The fourth-order valence-electron chi connectivity index (χ4n) is 2.44. The van der Waals surface area contributed by atoms with Gasteiger partial charge in [-0.15, -0.1) is 0 Å². The largest absolute Gasteiger partial charge is 0.465 e. The summed E-state index contributed by atoms with van der Waals surface area (Å²) in [5.74, 6) is 1.20. The van der Waals surface area contributed by atoms with E-state index in [2.05, 4.69) is 10.6 Å². The molecule has 22 heavy (non-hydrogen) atoms. The van der Waals surface area contributed by atoms with Gasteiger partial charge in [0.25, 0.3) is 5.91 Å². The van der Waals surface area contributed by atoms with Gasteiger partial charge in [0, 0.05) is 5.69 Å². The van der Waals surface area contributed by atoms with Crippen molar-refractivity contribution in [2.24, 2.45) is 0 Å². The molecule has 1 amide bonds. The van der Waals surface area contributed by atoms with Crippen LogP contribution >= 0.6 is 23.6 Å². The minimum Gasteiger partial charge on any atom is -0.465 e. The predicted molar refractivity (Wildman–Crippen MR) is 87.0 cm³/mol. The molecular formula is C15H11N3O2S2. The van der Waals surface area contributed by atoms with Crippen molar-refractivity contribution in [1.29, 1.82) is 0 Å². The van der Waals surface area contributed by atoms with E-state index in [4.69, 9.17) is 16.6 Å². The van der Waals surface area contributed by atoms with Crippen LogP contribution in [-0.2, 0) is 0 Å². The second-order valence-corrected chi connectivity index (χ2v) is 6.43. The van der Waals surface area contributed by atoms with E-state index >= 15 is 0 Å². The molecule has 2 N–H and O–H groups in total. The third-order valence-electron chi connectivity index (χ3n) is 3.42. The molecule has 110 valence electrons. The van der Waals surface area contributed by atoms with Crippen LogP contribution in [0.25, 0.3) is 5.69 Å². The number of hydrogen-bond donors (Lipinski definition) is 2. The van der Waals surface area contributed by atoms with Crippen LogP contribution in [-0.4, -0.2) is 10.5 Å². The van der Waals surface area contributed by atoms with Crippen LogP contribution in [0.4, 0.5) is 5.82 Å². The van der Waals surface area contributed by atoms with Gasteiger partial charge in [0.1, 0.15) is 16.5 Å². The van der Waals surface area contributed by atoms with Gasteiger partial charge in [-0.25, -0.2) is 0 Å². The molecule has 1 aliphatic heterocycles. The van der Waals surface area contributed by atoms with E-state index in [0.717, 1.165) is 5.69 Å². The molecule has 3 heterocycles. The summed E-state index contributed by atoms with van der Waals surface area (Å²) in [6.45, 7) is 0. The molecule has 1 atom stereocenters. The molecule has 1 aromatic carbocycles. The normalized spacial score (nSPS) is 16.7. The van der Waals surface area contributed by atoms with Crippen LogP contribution in [0.5, 0.6) is 0 Å². The number of aromatic nitrogens is 1. The van der Waals surface area contributed by atoms with Gasteiger partial charge in [-0.2, -0.15) is 0 Å². The molecule has 2 aromatic heterocycles. The standard InChI is InChI=1S/C15H11N3O2S2/c19-14-11-13(16-12(17-14)10-7-4-8-20-10)18(15(21)22-11)9-5-2-1-3-6-9/h1-8,12,16H,(H,17,19)/t12-/m1/s1. The third-order valence-corrected chi connectivity index (χ3v) is 4.79. The molecule has 0 unspecified atom stereocenters. The summed E-state index contributed by atoms with van der Waals surface area (Å²) in [5.41, 5.74) is 0.922. The Morgan fingerprint density at radius 3 is 2.68 bits per heavy atom. The predicted octanol–water partition coefficient (Wildman–Crippen LogP) is 3.72. The average molecular weight is 329 g/mol. The van der Waals surface area contributed by atoms with Crippen LogP contribution in [0.3, 0.4) is 0 Å². The Bertz CT molecular complexity index is 881. The van der Waals surface area contributed by atoms with Crippen LogP contribution in [0.15, 0.2) is 53.1 Å². The molecule has 7 heteroatoms. The lowest BCUT2D eigenvalue weighted by Crippen LogP contribution is -2.38. The van der Waals surface area contributed by atoms with Crippen molar-refractivity contribution in [3.8, 4) is 5.69 Å². The summed E-state index contributed by atoms with van der Waals surface area (Å²) >= 11 is 6.72. The van der Waals surface area contributed by atoms with Gasteiger partial charge in [-0.3, -0.25) is 9.36 Å². The van der Waals surface area contributed by atoms with Gasteiger partial charge in [0.2, 0.25) is 0 Å². The van der Waals surface area contributed by atoms with Gasteiger partial charge >= 0.3 is 0 Å².